The zero-order chi connectivity index (χ0) is 19.7. The fourth-order valence-electron chi connectivity index (χ4n) is 3.00. The van der Waals surface area contributed by atoms with Gasteiger partial charge in [0.05, 0.1) is 22.9 Å². The maximum Gasteiger partial charge on any atom is 0.259 e. The van der Waals surface area contributed by atoms with Gasteiger partial charge in [-0.2, -0.15) is 0 Å². The maximum atomic E-state index is 13.3. The van der Waals surface area contributed by atoms with Crippen molar-refractivity contribution in [3.8, 4) is 11.5 Å². The van der Waals surface area contributed by atoms with Crippen molar-refractivity contribution in [2.24, 2.45) is 0 Å². The van der Waals surface area contributed by atoms with Crippen molar-refractivity contribution in [3.05, 3.63) is 71.1 Å². The summed E-state index contributed by atoms with van der Waals surface area (Å²) in [4.78, 5) is 17.1. The van der Waals surface area contributed by atoms with Crippen LogP contribution in [0, 0.1) is 18.6 Å². The Balaban J connectivity index is 1.58. The second-order valence-electron chi connectivity index (χ2n) is 6.26. The molecule has 0 unspecified atom stereocenters. The van der Waals surface area contributed by atoms with Crippen LogP contribution in [-0.2, 0) is 6.42 Å². The molecule has 4 rings (SSSR count). The lowest BCUT2D eigenvalue weighted by molar-refractivity contribution is 0.0955. The Morgan fingerprint density at radius 2 is 1.96 bits per heavy atom. The highest BCUT2D eigenvalue weighted by molar-refractivity contribution is 6.06. The number of amides is 1. The number of hydrogen-bond donors (Lipinski definition) is 1. The first-order valence-corrected chi connectivity index (χ1v) is 8.55. The molecule has 0 saturated heterocycles. The predicted octanol–water partition coefficient (Wildman–Crippen LogP) is 4.04. The predicted molar refractivity (Wildman–Crippen MR) is 96.6 cm³/mol. The van der Waals surface area contributed by atoms with E-state index in [4.69, 9.17) is 8.94 Å². The standard InChI is InChI=1S/C20H15F2N3O3/c1-11-18-15(10-16(17-3-2-6-27-17)24-20(18)28-25-11)19(26)23-5-4-12-7-13(21)9-14(22)8-12/h2-3,6-10H,4-5H2,1H3,(H,23,26). The van der Waals surface area contributed by atoms with Crippen LogP contribution in [0.2, 0.25) is 0 Å². The molecule has 0 aliphatic rings. The molecule has 6 nitrogen and oxygen atoms in total. The van der Waals surface area contributed by atoms with Crippen molar-refractivity contribution >= 4 is 17.0 Å². The first-order chi connectivity index (χ1) is 13.5. The highest BCUT2D eigenvalue weighted by Gasteiger charge is 2.20. The van der Waals surface area contributed by atoms with Gasteiger partial charge in [0.1, 0.15) is 17.3 Å². The number of nitrogens with one attached hydrogen (secondary N) is 1. The van der Waals surface area contributed by atoms with Gasteiger partial charge in [-0.3, -0.25) is 4.79 Å². The molecular formula is C20H15F2N3O3. The van der Waals surface area contributed by atoms with E-state index >= 15 is 0 Å². The number of aryl methyl sites for hydroxylation is 1. The number of halogens is 2. The van der Waals surface area contributed by atoms with Gasteiger partial charge in [-0.1, -0.05) is 5.16 Å². The molecule has 0 atom stereocenters. The van der Waals surface area contributed by atoms with E-state index in [1.807, 2.05) is 0 Å². The summed E-state index contributed by atoms with van der Waals surface area (Å²) in [6.45, 7) is 1.92. The van der Waals surface area contributed by atoms with Gasteiger partial charge in [-0.05, 0) is 49.2 Å². The molecule has 1 amide bonds. The van der Waals surface area contributed by atoms with E-state index in [1.54, 1.807) is 25.1 Å². The van der Waals surface area contributed by atoms with E-state index in [-0.39, 0.29) is 24.6 Å². The third kappa shape index (κ3) is 3.48. The Bertz CT molecular complexity index is 1130. The average Bonchev–Trinajstić information content (AvgIpc) is 3.30. The van der Waals surface area contributed by atoms with Gasteiger partial charge in [0, 0.05) is 12.6 Å². The smallest absolute Gasteiger partial charge is 0.259 e. The van der Waals surface area contributed by atoms with E-state index in [0.29, 0.717) is 33.7 Å². The molecule has 1 aromatic carbocycles. The van der Waals surface area contributed by atoms with Gasteiger partial charge >= 0.3 is 0 Å². The second-order valence-corrected chi connectivity index (χ2v) is 6.26. The lowest BCUT2D eigenvalue weighted by atomic mass is 10.1. The summed E-state index contributed by atoms with van der Waals surface area (Å²) in [5.74, 6) is -1.19. The molecule has 8 heteroatoms. The van der Waals surface area contributed by atoms with Gasteiger partial charge in [0.15, 0.2) is 5.76 Å². The number of carbonyl (C=O) groups is 1. The Labute approximate surface area is 158 Å². The molecule has 0 saturated carbocycles. The molecule has 0 spiro atoms. The maximum absolute atomic E-state index is 13.3. The molecule has 1 N–H and O–H groups in total. The number of hydrogen-bond acceptors (Lipinski definition) is 5. The van der Waals surface area contributed by atoms with Crippen LogP contribution in [0.25, 0.3) is 22.6 Å². The third-order valence-corrected chi connectivity index (χ3v) is 4.26. The SMILES string of the molecule is Cc1noc2nc(-c3ccco3)cc(C(=O)NCCc3cc(F)cc(F)c3)c12. The fourth-order valence-corrected chi connectivity index (χ4v) is 3.00. The van der Waals surface area contributed by atoms with Crippen LogP contribution in [0.15, 0.2) is 51.6 Å². The van der Waals surface area contributed by atoms with Gasteiger partial charge in [0.25, 0.3) is 11.6 Å². The van der Waals surface area contributed by atoms with Crippen LogP contribution in [0.5, 0.6) is 0 Å². The summed E-state index contributed by atoms with van der Waals surface area (Å²) in [7, 11) is 0. The first kappa shape index (κ1) is 17.8. The summed E-state index contributed by atoms with van der Waals surface area (Å²) >= 11 is 0. The summed E-state index contributed by atoms with van der Waals surface area (Å²) < 4.78 is 37.1. The van der Waals surface area contributed by atoms with Gasteiger partial charge in [-0.25, -0.2) is 13.8 Å². The number of pyridine rings is 1. The molecular weight excluding hydrogens is 368 g/mol. The zero-order valence-electron chi connectivity index (χ0n) is 14.8. The van der Waals surface area contributed by atoms with Gasteiger partial charge < -0.3 is 14.3 Å². The third-order valence-electron chi connectivity index (χ3n) is 4.26. The highest BCUT2D eigenvalue weighted by atomic mass is 19.1. The van der Waals surface area contributed by atoms with Crippen LogP contribution >= 0.6 is 0 Å². The fraction of sp³-hybridized carbons (Fsp3) is 0.150. The number of benzene rings is 1. The van der Waals surface area contributed by atoms with Crippen molar-refractivity contribution < 1.29 is 22.5 Å². The summed E-state index contributed by atoms with van der Waals surface area (Å²) in [6.07, 6.45) is 1.78. The number of fused-ring (bicyclic) bond motifs is 1. The monoisotopic (exact) mass is 383 g/mol. The lowest BCUT2D eigenvalue weighted by Gasteiger charge is -2.08. The van der Waals surface area contributed by atoms with Crippen LogP contribution in [0.4, 0.5) is 8.78 Å². The van der Waals surface area contributed by atoms with Crippen molar-refractivity contribution in [2.45, 2.75) is 13.3 Å². The van der Waals surface area contributed by atoms with Crippen molar-refractivity contribution in [3.63, 3.8) is 0 Å². The lowest BCUT2D eigenvalue weighted by Crippen LogP contribution is -2.26. The molecule has 0 fully saturated rings. The average molecular weight is 383 g/mol. The minimum absolute atomic E-state index is 0.200. The van der Waals surface area contributed by atoms with E-state index in [2.05, 4.69) is 15.5 Å². The molecule has 3 heterocycles. The highest BCUT2D eigenvalue weighted by Crippen LogP contribution is 2.27. The quantitative estimate of drug-likeness (QED) is 0.562. The Hall–Kier alpha value is -3.55. The molecule has 142 valence electrons. The molecule has 28 heavy (non-hydrogen) atoms. The minimum atomic E-state index is -0.652. The van der Waals surface area contributed by atoms with E-state index in [1.165, 1.54) is 18.4 Å². The summed E-state index contributed by atoms with van der Waals surface area (Å²) in [5, 5.41) is 7.14. The van der Waals surface area contributed by atoms with E-state index in [0.717, 1.165) is 6.07 Å². The van der Waals surface area contributed by atoms with Crippen LogP contribution < -0.4 is 5.32 Å². The zero-order valence-corrected chi connectivity index (χ0v) is 14.8. The van der Waals surface area contributed by atoms with Crippen molar-refractivity contribution in [2.75, 3.05) is 6.54 Å². The van der Waals surface area contributed by atoms with Crippen molar-refractivity contribution in [1.82, 2.24) is 15.5 Å². The second kappa shape index (κ2) is 7.22. The van der Waals surface area contributed by atoms with Crippen LogP contribution in [0.1, 0.15) is 21.6 Å². The minimum Gasteiger partial charge on any atom is -0.463 e. The molecule has 3 aromatic heterocycles. The largest absolute Gasteiger partial charge is 0.463 e. The number of nitrogens with zero attached hydrogens (tertiary/aromatic N) is 2. The molecule has 0 aliphatic carbocycles. The Morgan fingerprint density at radius 3 is 2.68 bits per heavy atom. The number of aromatic nitrogens is 2. The first-order valence-electron chi connectivity index (χ1n) is 8.55. The van der Waals surface area contributed by atoms with Gasteiger partial charge in [-0.15, -0.1) is 0 Å². The van der Waals surface area contributed by atoms with Crippen molar-refractivity contribution in [1.29, 1.82) is 0 Å². The van der Waals surface area contributed by atoms with Crippen LogP contribution in [0.3, 0.4) is 0 Å². The molecule has 0 aliphatic heterocycles. The number of carbonyl (C=O) groups excluding carboxylic acids is 1. The summed E-state index contributed by atoms with van der Waals surface area (Å²) in [6, 6.07) is 8.31. The summed E-state index contributed by atoms with van der Waals surface area (Å²) in [5.41, 5.74) is 1.98. The van der Waals surface area contributed by atoms with Crippen LogP contribution in [-0.4, -0.2) is 22.6 Å². The Kier molecular flexibility index (Phi) is 4.60. The Morgan fingerprint density at radius 1 is 1.18 bits per heavy atom. The van der Waals surface area contributed by atoms with E-state index in [9.17, 15) is 13.6 Å². The number of furan rings is 1. The number of rotatable bonds is 5. The van der Waals surface area contributed by atoms with E-state index < -0.39 is 11.6 Å². The topological polar surface area (TPSA) is 81.2 Å². The normalized spacial score (nSPS) is 11.1. The molecule has 4 aromatic rings. The van der Waals surface area contributed by atoms with Gasteiger partial charge in [0.2, 0.25) is 0 Å². The molecule has 0 bridgehead atoms. The molecule has 0 radical (unpaired) electrons.